The van der Waals surface area contributed by atoms with Crippen molar-refractivity contribution in [3.63, 3.8) is 0 Å². The third kappa shape index (κ3) is 1.74. The van der Waals surface area contributed by atoms with E-state index in [4.69, 9.17) is 5.73 Å². The van der Waals surface area contributed by atoms with Gasteiger partial charge in [0.2, 0.25) is 0 Å². The van der Waals surface area contributed by atoms with E-state index in [2.05, 4.69) is 22.1 Å². The normalized spacial score (nSPS) is 15.3. The molecule has 1 aliphatic carbocycles. The summed E-state index contributed by atoms with van der Waals surface area (Å²) in [5, 5.41) is 0. The fourth-order valence-electron chi connectivity index (χ4n) is 1.91. The van der Waals surface area contributed by atoms with Gasteiger partial charge in [-0.1, -0.05) is 18.2 Å². The van der Waals surface area contributed by atoms with Crippen LogP contribution in [0.3, 0.4) is 0 Å². The number of nitrogens with one attached hydrogen (secondary N) is 1. The number of aromatic nitrogens is 2. The van der Waals surface area contributed by atoms with Crippen LogP contribution in [0.1, 0.15) is 30.1 Å². The largest absolute Gasteiger partial charge is 0.342 e. The molecule has 3 heteroatoms. The standard InChI is InChI=1S/C13H15N3/c14-7-9-2-1-3-11(6-9)12-8-15-13(16-12)10-4-5-10/h1-3,6,8,10H,4-5,7,14H2,(H,15,16). The van der Waals surface area contributed by atoms with E-state index < -0.39 is 0 Å². The molecule has 1 saturated carbocycles. The van der Waals surface area contributed by atoms with Crippen molar-refractivity contribution < 1.29 is 0 Å². The van der Waals surface area contributed by atoms with Crippen LogP contribution in [0, 0.1) is 0 Å². The molecule has 0 unspecified atom stereocenters. The highest BCUT2D eigenvalue weighted by molar-refractivity contribution is 5.59. The van der Waals surface area contributed by atoms with E-state index in [1.807, 2.05) is 18.3 Å². The van der Waals surface area contributed by atoms with Crippen molar-refractivity contribution in [2.45, 2.75) is 25.3 Å². The Morgan fingerprint density at radius 2 is 2.25 bits per heavy atom. The van der Waals surface area contributed by atoms with E-state index >= 15 is 0 Å². The van der Waals surface area contributed by atoms with Gasteiger partial charge in [-0.15, -0.1) is 0 Å². The second-order valence-corrected chi connectivity index (χ2v) is 4.36. The highest BCUT2D eigenvalue weighted by atomic mass is 14.9. The molecule has 0 atom stereocenters. The summed E-state index contributed by atoms with van der Waals surface area (Å²) in [7, 11) is 0. The number of H-pyrrole nitrogens is 1. The van der Waals surface area contributed by atoms with Gasteiger partial charge in [0, 0.05) is 12.5 Å². The Bertz CT molecular complexity index is 497. The van der Waals surface area contributed by atoms with Crippen molar-refractivity contribution in [1.29, 1.82) is 0 Å². The lowest BCUT2D eigenvalue weighted by atomic mass is 10.1. The van der Waals surface area contributed by atoms with Crippen molar-refractivity contribution >= 4 is 0 Å². The van der Waals surface area contributed by atoms with Crippen molar-refractivity contribution in [2.75, 3.05) is 0 Å². The number of rotatable bonds is 3. The van der Waals surface area contributed by atoms with E-state index in [0.717, 1.165) is 17.1 Å². The van der Waals surface area contributed by atoms with Crippen LogP contribution in [-0.2, 0) is 6.54 Å². The maximum atomic E-state index is 5.63. The number of hydrogen-bond acceptors (Lipinski definition) is 2. The quantitative estimate of drug-likeness (QED) is 0.822. The van der Waals surface area contributed by atoms with E-state index in [1.165, 1.54) is 18.4 Å². The summed E-state index contributed by atoms with van der Waals surface area (Å²) in [5.74, 6) is 1.81. The molecule has 1 aromatic carbocycles. The summed E-state index contributed by atoms with van der Waals surface area (Å²) < 4.78 is 0. The molecule has 0 bridgehead atoms. The van der Waals surface area contributed by atoms with Crippen LogP contribution >= 0.6 is 0 Å². The SMILES string of the molecule is NCc1cccc(-c2cnc(C3CC3)[nH]2)c1. The van der Waals surface area contributed by atoms with Gasteiger partial charge in [0.1, 0.15) is 5.82 Å². The van der Waals surface area contributed by atoms with Gasteiger partial charge >= 0.3 is 0 Å². The number of aromatic amines is 1. The first-order chi connectivity index (χ1) is 7.86. The molecule has 1 aliphatic rings. The Morgan fingerprint density at radius 3 is 3.00 bits per heavy atom. The van der Waals surface area contributed by atoms with E-state index in [-0.39, 0.29) is 0 Å². The van der Waals surface area contributed by atoms with Crippen LogP contribution in [0.5, 0.6) is 0 Å². The van der Waals surface area contributed by atoms with Crippen LogP contribution in [0.25, 0.3) is 11.3 Å². The second-order valence-electron chi connectivity index (χ2n) is 4.36. The third-order valence-electron chi connectivity index (χ3n) is 3.03. The van der Waals surface area contributed by atoms with E-state index in [1.54, 1.807) is 0 Å². The number of imidazole rings is 1. The Morgan fingerprint density at radius 1 is 1.38 bits per heavy atom. The fourth-order valence-corrected chi connectivity index (χ4v) is 1.91. The van der Waals surface area contributed by atoms with Gasteiger partial charge in [-0.05, 0) is 30.0 Å². The molecule has 0 amide bonds. The van der Waals surface area contributed by atoms with E-state index in [9.17, 15) is 0 Å². The highest BCUT2D eigenvalue weighted by Crippen LogP contribution is 2.38. The lowest BCUT2D eigenvalue weighted by Crippen LogP contribution is -1.95. The first kappa shape index (κ1) is 9.60. The first-order valence-corrected chi connectivity index (χ1v) is 5.71. The van der Waals surface area contributed by atoms with Crippen molar-refractivity contribution in [1.82, 2.24) is 9.97 Å². The van der Waals surface area contributed by atoms with E-state index in [0.29, 0.717) is 12.5 Å². The van der Waals surface area contributed by atoms with Crippen molar-refractivity contribution in [3.8, 4) is 11.3 Å². The van der Waals surface area contributed by atoms with Gasteiger partial charge in [0.05, 0.1) is 11.9 Å². The van der Waals surface area contributed by atoms with Gasteiger partial charge in [0.25, 0.3) is 0 Å². The van der Waals surface area contributed by atoms with Crippen LogP contribution in [0.15, 0.2) is 30.5 Å². The van der Waals surface area contributed by atoms with Crippen LogP contribution in [-0.4, -0.2) is 9.97 Å². The lowest BCUT2D eigenvalue weighted by molar-refractivity contribution is 0.976. The smallest absolute Gasteiger partial charge is 0.109 e. The second kappa shape index (κ2) is 3.76. The zero-order valence-corrected chi connectivity index (χ0v) is 9.11. The summed E-state index contributed by atoms with van der Waals surface area (Å²) in [6.45, 7) is 0.581. The van der Waals surface area contributed by atoms with Crippen molar-refractivity contribution in [3.05, 3.63) is 41.9 Å². The number of benzene rings is 1. The maximum absolute atomic E-state index is 5.63. The first-order valence-electron chi connectivity index (χ1n) is 5.71. The van der Waals surface area contributed by atoms with Crippen LogP contribution in [0.2, 0.25) is 0 Å². The molecule has 1 aromatic heterocycles. The summed E-state index contributed by atoms with van der Waals surface area (Å²) in [6, 6.07) is 8.28. The van der Waals surface area contributed by atoms with Gasteiger partial charge in [0.15, 0.2) is 0 Å². The third-order valence-corrected chi connectivity index (χ3v) is 3.03. The Labute approximate surface area is 94.7 Å². The molecule has 3 rings (SSSR count). The number of nitrogens with two attached hydrogens (primary N) is 1. The van der Waals surface area contributed by atoms with Gasteiger partial charge in [-0.2, -0.15) is 0 Å². The molecular formula is C13H15N3. The molecule has 0 aliphatic heterocycles. The zero-order valence-electron chi connectivity index (χ0n) is 9.11. The molecule has 0 radical (unpaired) electrons. The molecule has 0 saturated heterocycles. The van der Waals surface area contributed by atoms with Crippen LogP contribution in [0.4, 0.5) is 0 Å². The summed E-state index contributed by atoms with van der Waals surface area (Å²) in [6.07, 6.45) is 4.47. The zero-order chi connectivity index (χ0) is 11.0. The predicted octanol–water partition coefficient (Wildman–Crippen LogP) is 2.41. The lowest BCUT2D eigenvalue weighted by Gasteiger charge is -2.00. The maximum Gasteiger partial charge on any atom is 0.109 e. The van der Waals surface area contributed by atoms with Gasteiger partial charge in [-0.3, -0.25) is 0 Å². The molecule has 3 nitrogen and oxygen atoms in total. The molecule has 3 N–H and O–H groups in total. The topological polar surface area (TPSA) is 54.7 Å². The summed E-state index contributed by atoms with van der Waals surface area (Å²) >= 11 is 0. The minimum Gasteiger partial charge on any atom is -0.342 e. The Balaban J connectivity index is 1.93. The minimum atomic E-state index is 0.581. The van der Waals surface area contributed by atoms with Crippen LogP contribution < -0.4 is 5.73 Å². The average Bonchev–Trinajstić information content (AvgIpc) is 3.07. The Hall–Kier alpha value is -1.61. The molecule has 2 aromatic rings. The molecule has 0 spiro atoms. The molecule has 1 heterocycles. The molecule has 16 heavy (non-hydrogen) atoms. The monoisotopic (exact) mass is 213 g/mol. The fraction of sp³-hybridized carbons (Fsp3) is 0.308. The number of hydrogen-bond donors (Lipinski definition) is 2. The Kier molecular flexibility index (Phi) is 2.26. The minimum absolute atomic E-state index is 0.581. The average molecular weight is 213 g/mol. The van der Waals surface area contributed by atoms with Gasteiger partial charge in [-0.25, -0.2) is 4.98 Å². The molecule has 82 valence electrons. The molecule has 1 fully saturated rings. The predicted molar refractivity (Wildman–Crippen MR) is 63.9 cm³/mol. The van der Waals surface area contributed by atoms with Gasteiger partial charge < -0.3 is 10.7 Å². The highest BCUT2D eigenvalue weighted by Gasteiger charge is 2.26. The molecular weight excluding hydrogens is 198 g/mol. The van der Waals surface area contributed by atoms with Crippen molar-refractivity contribution in [2.24, 2.45) is 5.73 Å². The number of nitrogens with zero attached hydrogens (tertiary/aromatic N) is 1. The summed E-state index contributed by atoms with van der Waals surface area (Å²) in [4.78, 5) is 7.81. The summed E-state index contributed by atoms with van der Waals surface area (Å²) in [5.41, 5.74) is 9.05.